The number of hydrogen-bond acceptors (Lipinski definition) is 5. The SMILES string of the molecule is CCCc1nc(-c2nc(N)c3c(n2)NC(=O)C3(C)c2ccccc2)n2ccccc12. The van der Waals surface area contributed by atoms with Crippen molar-refractivity contribution >= 4 is 23.1 Å². The minimum Gasteiger partial charge on any atom is -0.383 e. The maximum Gasteiger partial charge on any atom is 0.240 e. The van der Waals surface area contributed by atoms with Crippen molar-refractivity contribution in [1.29, 1.82) is 0 Å². The van der Waals surface area contributed by atoms with Crippen LogP contribution in [-0.2, 0) is 16.6 Å². The Labute approximate surface area is 174 Å². The van der Waals surface area contributed by atoms with Crippen molar-refractivity contribution in [2.75, 3.05) is 11.1 Å². The second kappa shape index (κ2) is 6.66. The quantitative estimate of drug-likeness (QED) is 0.547. The second-order valence-corrected chi connectivity index (χ2v) is 7.69. The van der Waals surface area contributed by atoms with E-state index in [2.05, 4.69) is 22.2 Å². The summed E-state index contributed by atoms with van der Waals surface area (Å²) in [6, 6.07) is 15.5. The molecule has 0 aliphatic carbocycles. The van der Waals surface area contributed by atoms with Gasteiger partial charge < -0.3 is 11.1 Å². The number of carbonyl (C=O) groups excluding carboxylic acids is 1. The molecule has 0 radical (unpaired) electrons. The van der Waals surface area contributed by atoms with E-state index in [1.807, 2.05) is 66.1 Å². The van der Waals surface area contributed by atoms with Gasteiger partial charge in [0.1, 0.15) is 17.1 Å². The van der Waals surface area contributed by atoms with Crippen LogP contribution in [0.4, 0.5) is 11.6 Å². The Morgan fingerprint density at radius 1 is 1.07 bits per heavy atom. The molecule has 1 unspecified atom stereocenters. The molecule has 150 valence electrons. The summed E-state index contributed by atoms with van der Waals surface area (Å²) in [5.74, 6) is 1.57. The lowest BCUT2D eigenvalue weighted by molar-refractivity contribution is -0.119. The van der Waals surface area contributed by atoms with E-state index in [4.69, 9.17) is 10.7 Å². The van der Waals surface area contributed by atoms with Crippen molar-refractivity contribution in [1.82, 2.24) is 19.4 Å². The fraction of sp³-hybridized carbons (Fsp3) is 0.217. The third kappa shape index (κ3) is 2.51. The smallest absolute Gasteiger partial charge is 0.240 e. The molecule has 3 aromatic heterocycles. The van der Waals surface area contributed by atoms with Crippen molar-refractivity contribution in [3.05, 3.63) is 71.5 Å². The first kappa shape index (κ1) is 18.3. The number of nitrogens with two attached hydrogens (primary N) is 1. The van der Waals surface area contributed by atoms with Crippen molar-refractivity contribution in [2.45, 2.75) is 32.1 Å². The molecule has 7 nitrogen and oxygen atoms in total. The van der Waals surface area contributed by atoms with Gasteiger partial charge in [-0.15, -0.1) is 0 Å². The lowest BCUT2D eigenvalue weighted by atomic mass is 9.78. The molecule has 1 aliphatic heterocycles. The summed E-state index contributed by atoms with van der Waals surface area (Å²) in [7, 11) is 0. The lowest BCUT2D eigenvalue weighted by Crippen LogP contribution is -2.32. The molecule has 1 amide bonds. The molecule has 1 aromatic carbocycles. The van der Waals surface area contributed by atoms with Crippen LogP contribution in [0.1, 0.15) is 37.1 Å². The normalized spacial score (nSPS) is 17.9. The Hall–Kier alpha value is -3.74. The molecule has 0 saturated carbocycles. The average molecular weight is 398 g/mol. The van der Waals surface area contributed by atoms with E-state index in [0.29, 0.717) is 23.0 Å². The van der Waals surface area contributed by atoms with Gasteiger partial charge in [0.15, 0.2) is 11.6 Å². The molecule has 1 atom stereocenters. The van der Waals surface area contributed by atoms with E-state index >= 15 is 0 Å². The van der Waals surface area contributed by atoms with Gasteiger partial charge in [-0.3, -0.25) is 9.20 Å². The Bertz CT molecular complexity index is 1280. The van der Waals surface area contributed by atoms with Gasteiger partial charge in [-0.25, -0.2) is 15.0 Å². The van der Waals surface area contributed by atoms with Crippen LogP contribution >= 0.6 is 0 Å². The number of nitrogens with one attached hydrogen (secondary N) is 1. The first-order valence-electron chi connectivity index (χ1n) is 10.0. The third-order valence-corrected chi connectivity index (χ3v) is 5.79. The number of aryl methyl sites for hydroxylation is 1. The number of fused-ring (bicyclic) bond motifs is 2. The van der Waals surface area contributed by atoms with E-state index in [0.717, 1.165) is 29.6 Å². The van der Waals surface area contributed by atoms with Gasteiger partial charge in [-0.05, 0) is 31.0 Å². The van der Waals surface area contributed by atoms with E-state index in [-0.39, 0.29) is 11.7 Å². The zero-order valence-electron chi connectivity index (χ0n) is 16.9. The number of aromatic nitrogens is 4. The molecule has 0 bridgehead atoms. The van der Waals surface area contributed by atoms with E-state index in [9.17, 15) is 4.79 Å². The molecule has 4 heterocycles. The maximum absolute atomic E-state index is 13.0. The molecule has 4 aromatic rings. The Balaban J connectivity index is 1.70. The van der Waals surface area contributed by atoms with Crippen LogP contribution in [0.25, 0.3) is 17.2 Å². The Morgan fingerprint density at radius 3 is 2.60 bits per heavy atom. The highest BCUT2D eigenvalue weighted by atomic mass is 16.2. The van der Waals surface area contributed by atoms with Gasteiger partial charge in [0.05, 0.1) is 16.8 Å². The number of nitrogens with zero attached hydrogens (tertiary/aromatic N) is 4. The molecule has 30 heavy (non-hydrogen) atoms. The number of benzene rings is 1. The van der Waals surface area contributed by atoms with Crippen LogP contribution in [0.15, 0.2) is 54.7 Å². The molecule has 3 N–H and O–H groups in total. The van der Waals surface area contributed by atoms with Gasteiger partial charge in [-0.1, -0.05) is 49.7 Å². The number of anilines is 2. The third-order valence-electron chi connectivity index (χ3n) is 5.79. The molecule has 0 spiro atoms. The Kier molecular flexibility index (Phi) is 4.06. The van der Waals surface area contributed by atoms with E-state index in [1.165, 1.54) is 0 Å². The molecular formula is C23H22N6O. The summed E-state index contributed by atoms with van der Waals surface area (Å²) in [4.78, 5) is 27.1. The summed E-state index contributed by atoms with van der Waals surface area (Å²) in [6.45, 7) is 3.98. The predicted octanol–water partition coefficient (Wildman–Crippen LogP) is 3.58. The highest BCUT2D eigenvalue weighted by Gasteiger charge is 2.47. The van der Waals surface area contributed by atoms with Gasteiger partial charge >= 0.3 is 0 Å². The van der Waals surface area contributed by atoms with Crippen LogP contribution in [-0.4, -0.2) is 25.3 Å². The van der Waals surface area contributed by atoms with Crippen LogP contribution < -0.4 is 11.1 Å². The second-order valence-electron chi connectivity index (χ2n) is 7.69. The van der Waals surface area contributed by atoms with Crippen molar-refractivity contribution in [3.8, 4) is 11.6 Å². The summed E-state index contributed by atoms with van der Waals surface area (Å²) in [5.41, 5.74) is 8.95. The number of rotatable bonds is 4. The largest absolute Gasteiger partial charge is 0.383 e. The van der Waals surface area contributed by atoms with Crippen LogP contribution in [0.3, 0.4) is 0 Å². The summed E-state index contributed by atoms with van der Waals surface area (Å²) in [5, 5.41) is 2.91. The number of hydrogen-bond donors (Lipinski definition) is 2. The number of amides is 1. The van der Waals surface area contributed by atoms with Crippen molar-refractivity contribution < 1.29 is 4.79 Å². The van der Waals surface area contributed by atoms with Crippen molar-refractivity contribution in [2.24, 2.45) is 0 Å². The monoisotopic (exact) mass is 398 g/mol. The molecule has 0 fully saturated rings. The summed E-state index contributed by atoms with van der Waals surface area (Å²) < 4.78 is 1.97. The van der Waals surface area contributed by atoms with Gasteiger partial charge in [0.25, 0.3) is 0 Å². The maximum atomic E-state index is 13.0. The minimum absolute atomic E-state index is 0.165. The first-order valence-corrected chi connectivity index (χ1v) is 10.0. The van der Waals surface area contributed by atoms with Crippen molar-refractivity contribution in [3.63, 3.8) is 0 Å². The lowest BCUT2D eigenvalue weighted by Gasteiger charge is -2.23. The van der Waals surface area contributed by atoms with Gasteiger partial charge in [-0.2, -0.15) is 0 Å². The van der Waals surface area contributed by atoms with Crippen LogP contribution in [0.5, 0.6) is 0 Å². The zero-order chi connectivity index (χ0) is 20.9. The molecule has 0 saturated heterocycles. The number of pyridine rings is 1. The molecule has 1 aliphatic rings. The average Bonchev–Trinajstić information content (AvgIpc) is 3.25. The molecular weight excluding hydrogens is 376 g/mol. The molecule has 7 heteroatoms. The number of carbonyl (C=O) groups is 1. The summed E-state index contributed by atoms with van der Waals surface area (Å²) >= 11 is 0. The fourth-order valence-electron chi connectivity index (χ4n) is 4.23. The van der Waals surface area contributed by atoms with E-state index in [1.54, 1.807) is 0 Å². The van der Waals surface area contributed by atoms with Crippen LogP contribution in [0, 0.1) is 0 Å². The molecule has 5 rings (SSSR count). The minimum atomic E-state index is -0.943. The van der Waals surface area contributed by atoms with Gasteiger partial charge in [0.2, 0.25) is 5.91 Å². The fourth-order valence-corrected chi connectivity index (χ4v) is 4.23. The van der Waals surface area contributed by atoms with Gasteiger partial charge in [0, 0.05) is 6.20 Å². The highest BCUT2D eigenvalue weighted by molar-refractivity contribution is 6.09. The van der Waals surface area contributed by atoms with Crippen LogP contribution in [0.2, 0.25) is 0 Å². The Morgan fingerprint density at radius 2 is 1.83 bits per heavy atom. The number of imidazole rings is 1. The predicted molar refractivity (Wildman–Crippen MR) is 116 cm³/mol. The van der Waals surface area contributed by atoms with E-state index < -0.39 is 5.41 Å². The standard InChI is InChI=1S/C23H22N6O/c1-3-9-15-16-12-7-8-13-29(16)21(25-15)20-26-18(24)17-19(27-20)28-22(30)23(17,2)14-10-5-4-6-11-14/h4-8,10-13H,3,9H2,1-2H3,(H3,24,26,27,28,30). The number of nitrogen functional groups attached to an aromatic ring is 1. The topological polar surface area (TPSA) is 98.2 Å². The highest BCUT2D eigenvalue weighted by Crippen LogP contribution is 2.44. The zero-order valence-corrected chi connectivity index (χ0v) is 16.9. The first-order chi connectivity index (χ1) is 14.5. The summed E-state index contributed by atoms with van der Waals surface area (Å²) in [6.07, 6.45) is 3.78.